The molecule has 5 N–H and O–H groups in total. The normalized spacial score (nSPS) is 18.1. The highest BCUT2D eigenvalue weighted by molar-refractivity contribution is 7.80. The Balaban J connectivity index is 1.45. The number of benzene rings is 1. The van der Waals surface area contributed by atoms with Crippen LogP contribution in [0.2, 0.25) is 0 Å². The number of aromatic nitrogens is 2. The number of anilines is 1. The van der Waals surface area contributed by atoms with Crippen molar-refractivity contribution in [1.29, 1.82) is 0 Å². The van der Waals surface area contributed by atoms with E-state index in [9.17, 15) is 9.59 Å². The molecule has 152 valence electrons. The molecular weight excluding hydrogens is 388 g/mol. The summed E-state index contributed by atoms with van der Waals surface area (Å²) in [5.74, 6) is 0.508. The van der Waals surface area contributed by atoms with Crippen LogP contribution in [0.15, 0.2) is 42.5 Å². The van der Waals surface area contributed by atoms with E-state index >= 15 is 0 Å². The first-order valence-corrected chi connectivity index (χ1v) is 9.92. The van der Waals surface area contributed by atoms with Gasteiger partial charge in [-0.15, -0.1) is 5.10 Å². The topological polar surface area (TPSA) is 122 Å². The molecule has 8 nitrogen and oxygen atoms in total. The molecule has 0 unspecified atom stereocenters. The maximum atomic E-state index is 12.1. The molecule has 9 heteroatoms. The molecule has 1 aliphatic rings. The molecule has 0 aliphatic heterocycles. The van der Waals surface area contributed by atoms with Crippen LogP contribution in [0.4, 0.5) is 5.82 Å². The number of nitrogens with two attached hydrogens (primary N) is 1. The summed E-state index contributed by atoms with van der Waals surface area (Å²) in [4.78, 5) is 24.2. The average molecular weight is 413 g/mol. The summed E-state index contributed by atoms with van der Waals surface area (Å²) in [5, 5.41) is 11.1. The molecule has 3 rings (SSSR count). The number of hydrazine groups is 1. The van der Waals surface area contributed by atoms with E-state index in [0.29, 0.717) is 18.2 Å². The minimum Gasteiger partial charge on any atom is -0.375 e. The third-order valence-corrected chi connectivity index (χ3v) is 5.02. The molecule has 1 aromatic carbocycles. The maximum Gasteiger partial charge on any atom is 0.241 e. The fourth-order valence-electron chi connectivity index (χ4n) is 3.52. The lowest BCUT2D eigenvalue weighted by Crippen LogP contribution is -2.46. The van der Waals surface area contributed by atoms with Crippen molar-refractivity contribution in [3.63, 3.8) is 0 Å². The monoisotopic (exact) mass is 412 g/mol. The summed E-state index contributed by atoms with van der Waals surface area (Å²) in [6.45, 7) is 0. The molecule has 1 heterocycles. The number of amides is 2. The van der Waals surface area contributed by atoms with Crippen molar-refractivity contribution < 1.29 is 9.59 Å². The van der Waals surface area contributed by atoms with Crippen molar-refractivity contribution in [1.82, 2.24) is 21.0 Å². The number of carbonyl (C=O) groups excluding carboxylic acids is 2. The van der Waals surface area contributed by atoms with Gasteiger partial charge in [0.2, 0.25) is 11.8 Å². The molecule has 0 radical (unpaired) electrons. The van der Waals surface area contributed by atoms with E-state index < -0.39 is 0 Å². The van der Waals surface area contributed by atoms with Crippen LogP contribution in [0.3, 0.4) is 0 Å². The van der Waals surface area contributed by atoms with Gasteiger partial charge in [0, 0.05) is 5.92 Å². The zero-order valence-electron chi connectivity index (χ0n) is 15.9. The smallest absolute Gasteiger partial charge is 0.241 e. The van der Waals surface area contributed by atoms with Crippen molar-refractivity contribution in [2.24, 2.45) is 17.6 Å². The lowest BCUT2D eigenvalue weighted by molar-refractivity contribution is -0.125. The van der Waals surface area contributed by atoms with Crippen LogP contribution in [0.5, 0.6) is 0 Å². The Morgan fingerprint density at radius 3 is 2.55 bits per heavy atom. The van der Waals surface area contributed by atoms with Gasteiger partial charge in [-0.25, -0.2) is 0 Å². The van der Waals surface area contributed by atoms with Gasteiger partial charge in [-0.1, -0.05) is 30.3 Å². The Hall–Kier alpha value is -3.07. The SMILES string of the molecule is NC(=S)NNC(=O)[C@@H]1CC[C@H](Cc2ccc(NC(=O)Cc3ccccc3)nn2)C1. The second kappa shape index (κ2) is 9.92. The van der Waals surface area contributed by atoms with Crippen molar-refractivity contribution in [3.05, 3.63) is 53.7 Å². The molecule has 1 saturated carbocycles. The number of hydrogen-bond donors (Lipinski definition) is 4. The third kappa shape index (κ3) is 6.49. The Labute approximate surface area is 174 Å². The molecule has 0 bridgehead atoms. The third-order valence-electron chi connectivity index (χ3n) is 4.91. The molecule has 1 fully saturated rings. The van der Waals surface area contributed by atoms with Gasteiger partial charge in [0.1, 0.15) is 0 Å². The second-order valence-electron chi connectivity index (χ2n) is 7.18. The fraction of sp³-hybridized carbons (Fsp3) is 0.350. The van der Waals surface area contributed by atoms with Crippen molar-refractivity contribution in [2.45, 2.75) is 32.1 Å². The summed E-state index contributed by atoms with van der Waals surface area (Å²) in [5.41, 5.74) is 12.1. The van der Waals surface area contributed by atoms with Gasteiger partial charge < -0.3 is 11.1 Å². The van der Waals surface area contributed by atoms with E-state index in [1.54, 1.807) is 6.07 Å². The largest absolute Gasteiger partial charge is 0.375 e. The molecule has 2 amide bonds. The number of rotatable bonds is 6. The summed E-state index contributed by atoms with van der Waals surface area (Å²) in [7, 11) is 0. The molecule has 29 heavy (non-hydrogen) atoms. The first-order valence-electron chi connectivity index (χ1n) is 9.51. The average Bonchev–Trinajstić information content (AvgIpc) is 3.17. The summed E-state index contributed by atoms with van der Waals surface area (Å²) in [6, 6.07) is 13.2. The summed E-state index contributed by atoms with van der Waals surface area (Å²) in [6.07, 6.45) is 3.58. The lowest BCUT2D eigenvalue weighted by atomic mass is 9.99. The highest BCUT2D eigenvalue weighted by Gasteiger charge is 2.30. The highest BCUT2D eigenvalue weighted by Crippen LogP contribution is 2.33. The molecule has 0 saturated heterocycles. The molecule has 2 aromatic rings. The van der Waals surface area contributed by atoms with E-state index in [1.807, 2.05) is 36.4 Å². The van der Waals surface area contributed by atoms with Gasteiger partial charge >= 0.3 is 0 Å². The predicted molar refractivity (Wildman–Crippen MR) is 113 cm³/mol. The Bertz CT molecular complexity index is 859. The van der Waals surface area contributed by atoms with E-state index in [1.165, 1.54) is 0 Å². The van der Waals surface area contributed by atoms with Gasteiger partial charge in [0.15, 0.2) is 10.9 Å². The fourth-order valence-corrected chi connectivity index (χ4v) is 3.57. The first-order chi connectivity index (χ1) is 14.0. The van der Waals surface area contributed by atoms with E-state index in [4.69, 9.17) is 5.73 Å². The molecule has 0 spiro atoms. The molecular formula is C20H24N6O2S. The predicted octanol–water partition coefficient (Wildman–Crippen LogP) is 1.48. The van der Waals surface area contributed by atoms with Gasteiger partial charge in [0.25, 0.3) is 0 Å². The Morgan fingerprint density at radius 1 is 1.07 bits per heavy atom. The van der Waals surface area contributed by atoms with Crippen LogP contribution >= 0.6 is 12.2 Å². The number of nitrogens with one attached hydrogen (secondary N) is 3. The van der Waals surface area contributed by atoms with Gasteiger partial charge in [0.05, 0.1) is 12.1 Å². The van der Waals surface area contributed by atoms with E-state index in [0.717, 1.165) is 36.9 Å². The minimum absolute atomic E-state index is 0.0409. The van der Waals surface area contributed by atoms with Crippen molar-refractivity contribution in [3.8, 4) is 0 Å². The molecule has 1 aromatic heterocycles. The highest BCUT2D eigenvalue weighted by atomic mass is 32.1. The summed E-state index contributed by atoms with van der Waals surface area (Å²) < 4.78 is 0. The Morgan fingerprint density at radius 2 is 1.86 bits per heavy atom. The van der Waals surface area contributed by atoms with Crippen molar-refractivity contribution in [2.75, 3.05) is 5.32 Å². The summed E-state index contributed by atoms with van der Waals surface area (Å²) >= 11 is 4.68. The van der Waals surface area contributed by atoms with Gasteiger partial charge in [-0.05, 0) is 61.5 Å². The van der Waals surface area contributed by atoms with Gasteiger partial charge in [-0.3, -0.25) is 20.4 Å². The first kappa shape index (κ1) is 20.7. The van der Waals surface area contributed by atoms with Crippen LogP contribution < -0.4 is 21.9 Å². The van der Waals surface area contributed by atoms with E-state index in [2.05, 4.69) is 38.6 Å². The number of carbonyl (C=O) groups is 2. The van der Waals surface area contributed by atoms with Crippen LogP contribution in [0.25, 0.3) is 0 Å². The Kier molecular flexibility index (Phi) is 7.07. The molecule has 1 aliphatic carbocycles. The van der Waals surface area contributed by atoms with Crippen molar-refractivity contribution >= 4 is 35.0 Å². The number of nitrogens with zero attached hydrogens (tertiary/aromatic N) is 2. The standard InChI is InChI=1S/C20H24N6O2S/c21-20(29)26-25-19(28)15-7-6-14(10-15)11-16-8-9-17(24-23-16)22-18(27)12-13-4-2-1-3-5-13/h1-5,8-9,14-15H,6-7,10-12H2,(H,25,28)(H3,21,26,29)(H,22,24,27)/t14-,15+/m0/s1. The number of thiocarbonyl (C=S) groups is 1. The second-order valence-corrected chi connectivity index (χ2v) is 7.62. The van der Waals surface area contributed by atoms with Crippen LogP contribution in [-0.2, 0) is 22.4 Å². The number of hydrogen-bond acceptors (Lipinski definition) is 5. The zero-order valence-corrected chi connectivity index (χ0v) is 16.7. The quantitative estimate of drug-likeness (QED) is 0.419. The minimum atomic E-state index is -0.131. The van der Waals surface area contributed by atoms with Crippen LogP contribution in [-0.4, -0.2) is 27.1 Å². The molecule has 2 atom stereocenters. The van der Waals surface area contributed by atoms with Gasteiger partial charge in [-0.2, -0.15) is 5.10 Å². The zero-order chi connectivity index (χ0) is 20.6. The maximum absolute atomic E-state index is 12.1. The lowest BCUT2D eigenvalue weighted by Gasteiger charge is -2.12. The van der Waals surface area contributed by atoms with Crippen LogP contribution in [0.1, 0.15) is 30.5 Å². The van der Waals surface area contributed by atoms with E-state index in [-0.39, 0.29) is 22.8 Å². The van der Waals surface area contributed by atoms with Crippen LogP contribution in [0, 0.1) is 11.8 Å².